The van der Waals surface area contributed by atoms with Gasteiger partial charge in [-0.2, -0.15) is 8.78 Å². The summed E-state index contributed by atoms with van der Waals surface area (Å²) in [5, 5.41) is 11.1. The Morgan fingerprint density at radius 2 is 1.29 bits per heavy atom. The fourth-order valence-electron chi connectivity index (χ4n) is 2.75. The molecule has 0 spiro atoms. The zero-order chi connectivity index (χ0) is 17.8. The summed E-state index contributed by atoms with van der Waals surface area (Å²) in [5.74, 6) is -5.40. The lowest BCUT2D eigenvalue weighted by Gasteiger charge is -2.38. The molecule has 0 aliphatic heterocycles. The molecule has 0 atom stereocenters. The lowest BCUT2D eigenvalue weighted by Crippen LogP contribution is -2.56. The van der Waals surface area contributed by atoms with Crippen LogP contribution in [0.25, 0.3) is 0 Å². The molecule has 0 aromatic heterocycles. The SMILES string of the molecule is CCN(CC)C(=O)C(F)(F)C(O)(c1ccccc1)c1ccccc1. The molecular weight excluding hydrogens is 312 g/mol. The number of carbonyl (C=O) groups is 1. The van der Waals surface area contributed by atoms with E-state index in [1.807, 2.05) is 0 Å². The molecule has 0 heterocycles. The summed E-state index contributed by atoms with van der Waals surface area (Å²) < 4.78 is 30.4. The predicted octanol–water partition coefficient (Wildman–Crippen LogP) is 3.43. The van der Waals surface area contributed by atoms with Gasteiger partial charge in [0.2, 0.25) is 0 Å². The maximum atomic E-state index is 15.2. The summed E-state index contributed by atoms with van der Waals surface area (Å²) in [5.41, 5.74) is -2.79. The first-order valence-electron chi connectivity index (χ1n) is 7.90. The van der Waals surface area contributed by atoms with E-state index in [0.717, 1.165) is 4.90 Å². The largest absolute Gasteiger partial charge is 0.374 e. The molecule has 0 fully saturated rings. The van der Waals surface area contributed by atoms with Crippen molar-refractivity contribution in [2.24, 2.45) is 0 Å². The van der Waals surface area contributed by atoms with Crippen LogP contribution >= 0.6 is 0 Å². The van der Waals surface area contributed by atoms with Crippen LogP contribution in [0.2, 0.25) is 0 Å². The maximum absolute atomic E-state index is 15.2. The molecule has 128 valence electrons. The molecule has 0 saturated carbocycles. The number of carbonyl (C=O) groups excluding carboxylic acids is 1. The number of halogens is 2. The van der Waals surface area contributed by atoms with E-state index in [1.165, 1.54) is 24.3 Å². The van der Waals surface area contributed by atoms with Crippen molar-refractivity contribution in [2.45, 2.75) is 25.4 Å². The molecule has 0 aliphatic carbocycles. The van der Waals surface area contributed by atoms with Gasteiger partial charge in [0.05, 0.1) is 0 Å². The van der Waals surface area contributed by atoms with Gasteiger partial charge >= 0.3 is 5.92 Å². The van der Waals surface area contributed by atoms with E-state index < -0.39 is 17.4 Å². The quantitative estimate of drug-likeness (QED) is 0.880. The molecule has 2 rings (SSSR count). The average molecular weight is 333 g/mol. The van der Waals surface area contributed by atoms with Crippen LogP contribution in [0, 0.1) is 0 Å². The van der Waals surface area contributed by atoms with Gasteiger partial charge in [0, 0.05) is 13.1 Å². The van der Waals surface area contributed by atoms with Gasteiger partial charge in [0.15, 0.2) is 5.60 Å². The summed E-state index contributed by atoms with van der Waals surface area (Å²) >= 11 is 0. The van der Waals surface area contributed by atoms with Gasteiger partial charge in [0.1, 0.15) is 0 Å². The monoisotopic (exact) mass is 333 g/mol. The molecule has 0 saturated heterocycles. The number of alkyl halides is 2. The summed E-state index contributed by atoms with van der Waals surface area (Å²) in [6, 6.07) is 15.2. The summed E-state index contributed by atoms with van der Waals surface area (Å²) in [6.07, 6.45) is 0. The van der Waals surface area contributed by atoms with E-state index in [2.05, 4.69) is 0 Å². The van der Waals surface area contributed by atoms with Gasteiger partial charge in [-0.15, -0.1) is 0 Å². The van der Waals surface area contributed by atoms with E-state index in [9.17, 15) is 9.90 Å². The molecule has 3 nitrogen and oxygen atoms in total. The van der Waals surface area contributed by atoms with Crippen LogP contribution in [-0.4, -0.2) is 34.9 Å². The number of hydrogen-bond acceptors (Lipinski definition) is 2. The van der Waals surface area contributed by atoms with Gasteiger partial charge < -0.3 is 10.0 Å². The van der Waals surface area contributed by atoms with Crippen molar-refractivity contribution >= 4 is 5.91 Å². The van der Waals surface area contributed by atoms with Crippen molar-refractivity contribution in [1.29, 1.82) is 0 Å². The zero-order valence-corrected chi connectivity index (χ0v) is 13.7. The van der Waals surface area contributed by atoms with Crippen molar-refractivity contribution in [3.05, 3.63) is 71.8 Å². The molecule has 1 N–H and O–H groups in total. The highest BCUT2D eigenvalue weighted by molar-refractivity contribution is 5.86. The first kappa shape index (κ1) is 18.1. The number of rotatable bonds is 6. The van der Waals surface area contributed by atoms with Gasteiger partial charge in [0.25, 0.3) is 5.91 Å². The van der Waals surface area contributed by atoms with Crippen molar-refractivity contribution in [3.63, 3.8) is 0 Å². The van der Waals surface area contributed by atoms with Gasteiger partial charge in [-0.25, -0.2) is 0 Å². The molecule has 0 bridgehead atoms. The van der Waals surface area contributed by atoms with Gasteiger partial charge in [-0.3, -0.25) is 4.79 Å². The van der Waals surface area contributed by atoms with Crippen LogP contribution in [0.1, 0.15) is 25.0 Å². The third-order valence-corrected chi connectivity index (χ3v) is 4.16. The lowest BCUT2D eigenvalue weighted by molar-refractivity contribution is -0.194. The predicted molar refractivity (Wildman–Crippen MR) is 88.8 cm³/mol. The normalized spacial score (nSPS) is 12.0. The van der Waals surface area contributed by atoms with Crippen molar-refractivity contribution in [2.75, 3.05) is 13.1 Å². The molecule has 1 amide bonds. The number of benzene rings is 2. The summed E-state index contributed by atoms with van der Waals surface area (Å²) in [4.78, 5) is 13.5. The third-order valence-electron chi connectivity index (χ3n) is 4.16. The topological polar surface area (TPSA) is 40.5 Å². The minimum absolute atomic E-state index is 0.0262. The molecular formula is C19H21F2NO2. The van der Waals surface area contributed by atoms with Crippen LogP contribution in [-0.2, 0) is 10.4 Å². The summed E-state index contributed by atoms with van der Waals surface area (Å²) in [7, 11) is 0. The van der Waals surface area contributed by atoms with Crippen molar-refractivity contribution in [1.82, 2.24) is 4.90 Å². The minimum atomic E-state index is -4.01. The van der Waals surface area contributed by atoms with Gasteiger partial charge in [-0.05, 0) is 25.0 Å². The Morgan fingerprint density at radius 1 is 0.917 bits per heavy atom. The third kappa shape index (κ3) is 2.91. The first-order valence-corrected chi connectivity index (χ1v) is 7.90. The average Bonchev–Trinajstić information content (AvgIpc) is 2.63. The van der Waals surface area contributed by atoms with Crippen molar-refractivity contribution < 1.29 is 18.7 Å². The fourth-order valence-corrected chi connectivity index (χ4v) is 2.75. The minimum Gasteiger partial charge on any atom is -0.374 e. The van der Waals surface area contributed by atoms with Crippen LogP contribution < -0.4 is 0 Å². The van der Waals surface area contributed by atoms with Crippen molar-refractivity contribution in [3.8, 4) is 0 Å². The molecule has 5 heteroatoms. The van der Waals surface area contributed by atoms with E-state index in [0.29, 0.717) is 0 Å². The molecule has 0 unspecified atom stereocenters. The van der Waals surface area contributed by atoms with Crippen LogP contribution in [0.3, 0.4) is 0 Å². The zero-order valence-electron chi connectivity index (χ0n) is 13.7. The highest BCUT2D eigenvalue weighted by Gasteiger charge is 2.61. The molecule has 0 radical (unpaired) electrons. The Bertz CT molecular complexity index is 631. The number of hydrogen-bond donors (Lipinski definition) is 1. The maximum Gasteiger partial charge on any atom is 0.360 e. The number of aliphatic hydroxyl groups is 1. The molecule has 0 aliphatic rings. The van der Waals surface area contributed by atoms with Crippen LogP contribution in [0.4, 0.5) is 8.78 Å². The number of nitrogens with zero attached hydrogens (tertiary/aromatic N) is 1. The van der Waals surface area contributed by atoms with E-state index in [4.69, 9.17) is 0 Å². The Balaban J connectivity index is 2.65. The van der Waals surface area contributed by atoms with E-state index >= 15 is 8.78 Å². The van der Waals surface area contributed by atoms with Gasteiger partial charge in [-0.1, -0.05) is 60.7 Å². The first-order chi connectivity index (χ1) is 11.4. The second-order valence-corrected chi connectivity index (χ2v) is 5.49. The second-order valence-electron chi connectivity index (χ2n) is 5.49. The van der Waals surface area contributed by atoms with Crippen LogP contribution in [0.5, 0.6) is 0 Å². The smallest absolute Gasteiger partial charge is 0.360 e. The fraction of sp³-hybridized carbons (Fsp3) is 0.316. The Hall–Kier alpha value is -2.27. The molecule has 24 heavy (non-hydrogen) atoms. The highest BCUT2D eigenvalue weighted by Crippen LogP contribution is 2.44. The highest BCUT2D eigenvalue weighted by atomic mass is 19.3. The Kier molecular flexibility index (Phi) is 5.34. The standard InChI is InChI=1S/C19H21F2NO2/c1-3-22(4-2)17(23)19(20,21)18(24,15-11-7-5-8-12-15)16-13-9-6-10-14-16/h5-14,24H,3-4H2,1-2H3. The van der Waals surface area contributed by atoms with E-state index in [-0.39, 0.29) is 24.2 Å². The second kappa shape index (κ2) is 7.09. The summed E-state index contributed by atoms with van der Waals surface area (Å²) in [6.45, 7) is 3.54. The Labute approximate surface area is 140 Å². The van der Waals surface area contributed by atoms with Crippen LogP contribution in [0.15, 0.2) is 60.7 Å². The Morgan fingerprint density at radius 3 is 1.62 bits per heavy atom. The molecule has 2 aromatic carbocycles. The van der Waals surface area contributed by atoms with E-state index in [1.54, 1.807) is 50.2 Å². The number of amides is 1. The molecule has 2 aromatic rings. The lowest BCUT2D eigenvalue weighted by atomic mass is 9.80.